The molecular formula is C25H30N2O2. The molecular weight excluding hydrogens is 360 g/mol. The summed E-state index contributed by atoms with van der Waals surface area (Å²) in [6.07, 6.45) is 6.18. The second-order valence-corrected chi connectivity index (χ2v) is 8.79. The Morgan fingerprint density at radius 3 is 2.48 bits per heavy atom. The Hall–Kier alpha value is -2.62. The van der Waals surface area contributed by atoms with Crippen molar-refractivity contribution in [3.05, 3.63) is 70.8 Å². The van der Waals surface area contributed by atoms with Crippen LogP contribution in [0.25, 0.3) is 0 Å². The lowest BCUT2D eigenvalue weighted by Crippen LogP contribution is -2.63. The van der Waals surface area contributed by atoms with Gasteiger partial charge in [0.05, 0.1) is 0 Å². The van der Waals surface area contributed by atoms with E-state index in [0.29, 0.717) is 18.5 Å². The molecule has 1 aliphatic carbocycles. The molecule has 152 valence electrons. The number of carbonyl (C=O) groups excluding carboxylic acids is 2. The Morgan fingerprint density at radius 1 is 1.07 bits per heavy atom. The van der Waals surface area contributed by atoms with Crippen LogP contribution in [0.15, 0.2) is 48.5 Å². The number of amides is 2. The van der Waals surface area contributed by atoms with E-state index in [9.17, 15) is 9.59 Å². The van der Waals surface area contributed by atoms with E-state index in [0.717, 1.165) is 36.8 Å². The van der Waals surface area contributed by atoms with Gasteiger partial charge >= 0.3 is 0 Å². The molecule has 4 heteroatoms. The van der Waals surface area contributed by atoms with Crippen LogP contribution in [0.5, 0.6) is 0 Å². The predicted octanol–water partition coefficient (Wildman–Crippen LogP) is 4.40. The molecule has 0 spiro atoms. The molecule has 4 nitrogen and oxygen atoms in total. The third-order valence-electron chi connectivity index (χ3n) is 6.51. The van der Waals surface area contributed by atoms with Gasteiger partial charge in [-0.05, 0) is 43.9 Å². The molecule has 2 amide bonds. The minimum atomic E-state index is -0.895. The van der Waals surface area contributed by atoms with E-state index < -0.39 is 5.54 Å². The van der Waals surface area contributed by atoms with E-state index in [2.05, 4.69) is 17.4 Å². The maximum Gasteiger partial charge on any atom is 0.255 e. The standard InChI is InChI=1S/C25H30N2O2/c1-18-12-14-19(15-13-18)17-27-23(28)22-11-7-6-8-20(22)16-25(27,2)24(29)26-21-9-4-3-5-10-21/h6-8,11-15,21H,3-5,9-10,16-17H2,1-2H3,(H,26,29)/t25-/m1/s1. The van der Waals surface area contributed by atoms with Gasteiger partial charge in [0.15, 0.2) is 0 Å². The van der Waals surface area contributed by atoms with Crippen LogP contribution in [0.1, 0.15) is 66.1 Å². The van der Waals surface area contributed by atoms with Crippen LogP contribution < -0.4 is 5.32 Å². The van der Waals surface area contributed by atoms with Gasteiger partial charge in [0.25, 0.3) is 5.91 Å². The molecule has 1 saturated carbocycles. The lowest BCUT2D eigenvalue weighted by molar-refractivity contribution is -0.133. The summed E-state index contributed by atoms with van der Waals surface area (Å²) < 4.78 is 0. The number of aryl methyl sites for hydroxylation is 1. The zero-order valence-corrected chi connectivity index (χ0v) is 17.4. The first kappa shape index (κ1) is 19.7. The average molecular weight is 391 g/mol. The molecule has 0 saturated heterocycles. The smallest absolute Gasteiger partial charge is 0.255 e. The third-order valence-corrected chi connectivity index (χ3v) is 6.51. The SMILES string of the molecule is Cc1ccc(CN2C(=O)c3ccccc3C[C@]2(C)C(=O)NC2CCCCC2)cc1. The summed E-state index contributed by atoms with van der Waals surface area (Å²) in [7, 11) is 0. The van der Waals surface area contributed by atoms with Crippen LogP contribution in [0.3, 0.4) is 0 Å². The Morgan fingerprint density at radius 2 is 1.76 bits per heavy atom. The summed E-state index contributed by atoms with van der Waals surface area (Å²) in [5, 5.41) is 3.27. The van der Waals surface area contributed by atoms with Gasteiger partial charge in [0, 0.05) is 24.6 Å². The number of fused-ring (bicyclic) bond motifs is 1. The fourth-order valence-corrected chi connectivity index (χ4v) is 4.63. The molecule has 1 heterocycles. The van der Waals surface area contributed by atoms with E-state index in [4.69, 9.17) is 0 Å². The summed E-state index contributed by atoms with van der Waals surface area (Å²) in [5.74, 6) is -0.0897. The number of carbonyl (C=O) groups is 2. The molecule has 2 aromatic carbocycles. The van der Waals surface area contributed by atoms with Crippen molar-refractivity contribution in [2.75, 3.05) is 0 Å². The quantitative estimate of drug-likeness (QED) is 0.841. The monoisotopic (exact) mass is 390 g/mol. The number of nitrogens with one attached hydrogen (secondary N) is 1. The second kappa shape index (κ2) is 8.02. The summed E-state index contributed by atoms with van der Waals surface area (Å²) in [5.41, 5.74) is 3.00. The first-order valence-corrected chi connectivity index (χ1v) is 10.7. The first-order chi connectivity index (χ1) is 14.0. The van der Waals surface area contributed by atoms with E-state index in [-0.39, 0.29) is 17.9 Å². The van der Waals surface area contributed by atoms with Crippen molar-refractivity contribution in [2.45, 2.75) is 70.5 Å². The van der Waals surface area contributed by atoms with Gasteiger partial charge in [-0.15, -0.1) is 0 Å². The molecule has 4 rings (SSSR count). The Bertz CT molecular complexity index is 899. The first-order valence-electron chi connectivity index (χ1n) is 10.7. The molecule has 1 fully saturated rings. The highest BCUT2D eigenvalue weighted by Crippen LogP contribution is 2.33. The molecule has 2 aromatic rings. The van der Waals surface area contributed by atoms with Gasteiger partial charge in [0.2, 0.25) is 5.91 Å². The zero-order valence-electron chi connectivity index (χ0n) is 17.4. The Kier molecular flexibility index (Phi) is 5.44. The van der Waals surface area contributed by atoms with Crippen molar-refractivity contribution >= 4 is 11.8 Å². The molecule has 2 aliphatic rings. The zero-order chi connectivity index (χ0) is 20.4. The molecule has 0 bridgehead atoms. The van der Waals surface area contributed by atoms with Gasteiger partial charge in [-0.3, -0.25) is 9.59 Å². The minimum absolute atomic E-state index is 0.0284. The van der Waals surface area contributed by atoms with Crippen molar-refractivity contribution in [1.29, 1.82) is 0 Å². The van der Waals surface area contributed by atoms with Gasteiger partial charge in [-0.1, -0.05) is 67.3 Å². The van der Waals surface area contributed by atoms with E-state index in [1.165, 1.54) is 12.0 Å². The van der Waals surface area contributed by atoms with Crippen molar-refractivity contribution in [3.8, 4) is 0 Å². The van der Waals surface area contributed by atoms with Crippen LogP contribution >= 0.6 is 0 Å². The molecule has 1 aliphatic heterocycles. The number of hydrogen-bond acceptors (Lipinski definition) is 2. The second-order valence-electron chi connectivity index (χ2n) is 8.79. The molecule has 29 heavy (non-hydrogen) atoms. The normalized spacial score (nSPS) is 22.3. The third kappa shape index (κ3) is 3.93. The fourth-order valence-electron chi connectivity index (χ4n) is 4.63. The van der Waals surface area contributed by atoms with E-state index in [1.807, 2.05) is 50.2 Å². The molecule has 1 N–H and O–H groups in total. The Labute approximate surface area is 173 Å². The van der Waals surface area contributed by atoms with E-state index in [1.54, 1.807) is 4.90 Å². The lowest BCUT2D eigenvalue weighted by Gasteiger charge is -2.45. The maximum atomic E-state index is 13.5. The highest BCUT2D eigenvalue weighted by molar-refractivity contribution is 6.02. The van der Waals surface area contributed by atoms with Crippen molar-refractivity contribution in [2.24, 2.45) is 0 Å². The van der Waals surface area contributed by atoms with Crippen LogP contribution in [-0.2, 0) is 17.8 Å². The van der Waals surface area contributed by atoms with Gasteiger partial charge in [-0.2, -0.15) is 0 Å². The average Bonchev–Trinajstić information content (AvgIpc) is 2.73. The van der Waals surface area contributed by atoms with Crippen LogP contribution in [-0.4, -0.2) is 28.3 Å². The van der Waals surface area contributed by atoms with Crippen molar-refractivity contribution in [1.82, 2.24) is 10.2 Å². The topological polar surface area (TPSA) is 49.4 Å². The number of benzene rings is 2. The van der Waals surface area contributed by atoms with Gasteiger partial charge in [0.1, 0.15) is 5.54 Å². The van der Waals surface area contributed by atoms with Gasteiger partial charge < -0.3 is 10.2 Å². The Balaban J connectivity index is 1.66. The summed E-state index contributed by atoms with van der Waals surface area (Å²) >= 11 is 0. The van der Waals surface area contributed by atoms with Gasteiger partial charge in [-0.25, -0.2) is 0 Å². The number of nitrogens with zero attached hydrogens (tertiary/aromatic N) is 1. The summed E-state index contributed by atoms with van der Waals surface area (Å²) in [6.45, 7) is 4.41. The lowest BCUT2D eigenvalue weighted by atomic mass is 9.82. The van der Waals surface area contributed by atoms with Crippen LogP contribution in [0.4, 0.5) is 0 Å². The van der Waals surface area contributed by atoms with Crippen molar-refractivity contribution < 1.29 is 9.59 Å². The summed E-state index contributed by atoms with van der Waals surface area (Å²) in [6, 6.07) is 16.1. The predicted molar refractivity (Wildman–Crippen MR) is 115 cm³/mol. The fraction of sp³-hybridized carbons (Fsp3) is 0.440. The highest BCUT2D eigenvalue weighted by atomic mass is 16.2. The molecule has 1 atom stereocenters. The number of hydrogen-bond donors (Lipinski definition) is 1. The van der Waals surface area contributed by atoms with E-state index >= 15 is 0 Å². The van der Waals surface area contributed by atoms with Crippen LogP contribution in [0, 0.1) is 6.92 Å². The molecule has 0 radical (unpaired) electrons. The molecule has 0 unspecified atom stereocenters. The molecule has 0 aromatic heterocycles. The summed E-state index contributed by atoms with van der Waals surface area (Å²) in [4.78, 5) is 28.7. The minimum Gasteiger partial charge on any atom is -0.351 e. The number of rotatable bonds is 4. The highest BCUT2D eigenvalue weighted by Gasteiger charge is 2.47. The van der Waals surface area contributed by atoms with Crippen LogP contribution in [0.2, 0.25) is 0 Å². The largest absolute Gasteiger partial charge is 0.351 e. The van der Waals surface area contributed by atoms with Crippen molar-refractivity contribution in [3.63, 3.8) is 0 Å². The maximum absolute atomic E-state index is 13.5.